The van der Waals surface area contributed by atoms with Crippen molar-refractivity contribution < 1.29 is 9.13 Å². The van der Waals surface area contributed by atoms with Gasteiger partial charge in [-0.2, -0.15) is 0 Å². The molecule has 0 atom stereocenters. The predicted molar refractivity (Wildman–Crippen MR) is 104 cm³/mol. The molecular weight excluding hydrogens is 405 g/mol. The molecule has 3 rings (SSSR count). The van der Waals surface area contributed by atoms with Crippen LogP contribution in [0.25, 0.3) is 0 Å². The van der Waals surface area contributed by atoms with E-state index < -0.39 is 0 Å². The molecule has 0 aliphatic heterocycles. The molecule has 2 nitrogen and oxygen atoms in total. The molecule has 0 unspecified atom stereocenters. The Morgan fingerprint density at radius 3 is 2.28 bits per heavy atom. The number of ether oxygens (including phenoxy) is 1. The van der Waals surface area contributed by atoms with E-state index in [1.54, 1.807) is 12.1 Å². The zero-order chi connectivity index (χ0) is 17.6. The Labute approximate surface area is 159 Å². The van der Waals surface area contributed by atoms with Gasteiger partial charge in [0.2, 0.25) is 0 Å². The number of halogens is 3. The molecule has 5 heteroatoms. The maximum Gasteiger partial charge on any atom is 0.134 e. The van der Waals surface area contributed by atoms with Crippen molar-refractivity contribution in [2.75, 3.05) is 5.32 Å². The lowest BCUT2D eigenvalue weighted by Crippen LogP contribution is -2.00. The second-order valence-corrected chi connectivity index (χ2v) is 6.83. The summed E-state index contributed by atoms with van der Waals surface area (Å²) >= 11 is 9.42. The van der Waals surface area contributed by atoms with Crippen LogP contribution >= 0.6 is 27.5 Å². The Morgan fingerprint density at radius 1 is 0.920 bits per heavy atom. The first-order valence-electron chi connectivity index (χ1n) is 7.75. The predicted octanol–water partition coefficient (Wildman–Crippen LogP) is 6.43. The highest BCUT2D eigenvalue weighted by Crippen LogP contribution is 2.27. The van der Waals surface area contributed by atoms with Crippen LogP contribution in [-0.2, 0) is 13.2 Å². The van der Waals surface area contributed by atoms with E-state index in [1.807, 2.05) is 42.5 Å². The number of hydrogen-bond acceptors (Lipinski definition) is 2. The van der Waals surface area contributed by atoms with Crippen LogP contribution in [-0.4, -0.2) is 0 Å². The minimum atomic E-state index is -0.240. The van der Waals surface area contributed by atoms with Crippen LogP contribution in [0.3, 0.4) is 0 Å². The van der Waals surface area contributed by atoms with Gasteiger partial charge in [-0.25, -0.2) is 4.39 Å². The van der Waals surface area contributed by atoms with Crippen LogP contribution in [0.15, 0.2) is 71.2 Å². The van der Waals surface area contributed by atoms with Crippen molar-refractivity contribution in [2.24, 2.45) is 0 Å². The fourth-order valence-electron chi connectivity index (χ4n) is 2.28. The van der Waals surface area contributed by atoms with Crippen LogP contribution in [0.2, 0.25) is 5.02 Å². The summed E-state index contributed by atoms with van der Waals surface area (Å²) in [6.45, 7) is 1.12. The Bertz CT molecular complexity index is 837. The summed E-state index contributed by atoms with van der Waals surface area (Å²) in [7, 11) is 0. The van der Waals surface area contributed by atoms with Gasteiger partial charge < -0.3 is 10.1 Å². The van der Waals surface area contributed by atoms with E-state index >= 15 is 0 Å². The minimum Gasteiger partial charge on any atom is -0.488 e. The topological polar surface area (TPSA) is 21.3 Å². The van der Waals surface area contributed by atoms with Crippen molar-refractivity contribution in [1.82, 2.24) is 0 Å². The third kappa shape index (κ3) is 5.21. The number of nitrogens with one attached hydrogen (secondary N) is 1. The molecule has 25 heavy (non-hydrogen) atoms. The van der Waals surface area contributed by atoms with Crippen molar-refractivity contribution in [1.29, 1.82) is 0 Å². The minimum absolute atomic E-state index is 0.240. The molecule has 3 aromatic carbocycles. The average Bonchev–Trinajstić information content (AvgIpc) is 2.62. The van der Waals surface area contributed by atoms with Crippen molar-refractivity contribution in [3.8, 4) is 5.75 Å². The first-order valence-corrected chi connectivity index (χ1v) is 8.92. The zero-order valence-electron chi connectivity index (χ0n) is 13.3. The summed E-state index contributed by atoms with van der Waals surface area (Å²) in [5.74, 6) is 0.538. The van der Waals surface area contributed by atoms with Gasteiger partial charge in [-0.1, -0.05) is 29.8 Å². The van der Waals surface area contributed by atoms with Gasteiger partial charge in [-0.3, -0.25) is 0 Å². The van der Waals surface area contributed by atoms with Gasteiger partial charge in [0.05, 0.1) is 4.47 Å². The maximum absolute atomic E-state index is 12.9. The molecule has 0 bridgehead atoms. The van der Waals surface area contributed by atoms with Crippen LogP contribution in [0.4, 0.5) is 10.1 Å². The molecular formula is C20H16BrClFNO. The van der Waals surface area contributed by atoms with Crippen molar-refractivity contribution in [3.63, 3.8) is 0 Å². The molecule has 0 spiro atoms. The van der Waals surface area contributed by atoms with E-state index in [2.05, 4.69) is 21.2 Å². The van der Waals surface area contributed by atoms with E-state index in [0.29, 0.717) is 18.2 Å². The van der Waals surface area contributed by atoms with Crippen molar-refractivity contribution in [3.05, 3.63) is 93.2 Å². The SMILES string of the molecule is Fc1ccc(NCc2ccc(OCc3ccc(Cl)cc3)c(Br)c2)cc1. The van der Waals surface area contributed by atoms with Gasteiger partial charge in [-0.05, 0) is 75.6 Å². The van der Waals surface area contributed by atoms with Crippen molar-refractivity contribution >= 4 is 33.2 Å². The molecule has 0 amide bonds. The number of benzene rings is 3. The second-order valence-electron chi connectivity index (χ2n) is 5.54. The lowest BCUT2D eigenvalue weighted by atomic mass is 10.2. The zero-order valence-corrected chi connectivity index (χ0v) is 15.6. The van der Waals surface area contributed by atoms with Gasteiger partial charge in [0.1, 0.15) is 18.2 Å². The maximum atomic E-state index is 12.9. The number of hydrogen-bond donors (Lipinski definition) is 1. The fourth-order valence-corrected chi connectivity index (χ4v) is 2.95. The summed E-state index contributed by atoms with van der Waals surface area (Å²) < 4.78 is 19.6. The lowest BCUT2D eigenvalue weighted by molar-refractivity contribution is 0.304. The summed E-state index contributed by atoms with van der Waals surface area (Å²) in [6, 6.07) is 19.8. The highest BCUT2D eigenvalue weighted by atomic mass is 79.9. The molecule has 3 aromatic rings. The van der Waals surface area contributed by atoms with E-state index in [1.165, 1.54) is 12.1 Å². The highest BCUT2D eigenvalue weighted by molar-refractivity contribution is 9.10. The van der Waals surface area contributed by atoms with E-state index in [-0.39, 0.29) is 5.82 Å². The van der Waals surface area contributed by atoms with Gasteiger partial charge in [0.15, 0.2) is 0 Å². The summed E-state index contributed by atoms with van der Waals surface area (Å²) in [5, 5.41) is 3.97. The third-order valence-electron chi connectivity index (χ3n) is 3.64. The molecule has 0 aromatic heterocycles. The van der Waals surface area contributed by atoms with Crippen LogP contribution < -0.4 is 10.1 Å². The smallest absolute Gasteiger partial charge is 0.134 e. The summed E-state index contributed by atoms with van der Waals surface area (Å²) in [6.07, 6.45) is 0. The Morgan fingerprint density at radius 2 is 1.60 bits per heavy atom. The standard InChI is InChI=1S/C20H16BrClFNO/c21-19-11-15(12-24-18-8-6-17(23)7-9-18)3-10-20(19)25-13-14-1-4-16(22)5-2-14/h1-11,24H,12-13H2. The molecule has 0 aliphatic rings. The molecule has 0 aliphatic carbocycles. The highest BCUT2D eigenvalue weighted by Gasteiger charge is 2.04. The number of rotatable bonds is 6. The summed E-state index contributed by atoms with van der Waals surface area (Å²) in [5.41, 5.74) is 3.02. The average molecular weight is 421 g/mol. The summed E-state index contributed by atoms with van der Waals surface area (Å²) in [4.78, 5) is 0. The second kappa shape index (κ2) is 8.37. The van der Waals surface area contributed by atoms with Crippen LogP contribution in [0, 0.1) is 5.82 Å². The first kappa shape index (κ1) is 17.8. The number of anilines is 1. The normalized spacial score (nSPS) is 10.5. The first-order chi connectivity index (χ1) is 12.1. The Kier molecular flexibility index (Phi) is 5.95. The lowest BCUT2D eigenvalue weighted by Gasteiger charge is -2.11. The molecule has 128 valence electrons. The molecule has 1 N–H and O–H groups in total. The third-order valence-corrected chi connectivity index (χ3v) is 4.52. The fraction of sp³-hybridized carbons (Fsp3) is 0.100. The quantitative estimate of drug-likeness (QED) is 0.496. The monoisotopic (exact) mass is 419 g/mol. The van der Waals surface area contributed by atoms with E-state index in [4.69, 9.17) is 16.3 Å². The molecule has 0 heterocycles. The van der Waals surface area contributed by atoms with Crippen LogP contribution in [0.5, 0.6) is 5.75 Å². The molecule has 0 radical (unpaired) electrons. The largest absolute Gasteiger partial charge is 0.488 e. The van der Waals surface area contributed by atoms with E-state index in [9.17, 15) is 4.39 Å². The Hall–Kier alpha value is -2.04. The van der Waals surface area contributed by atoms with Gasteiger partial charge in [0, 0.05) is 17.3 Å². The van der Waals surface area contributed by atoms with E-state index in [0.717, 1.165) is 27.0 Å². The van der Waals surface area contributed by atoms with Gasteiger partial charge in [0.25, 0.3) is 0 Å². The molecule has 0 fully saturated rings. The van der Waals surface area contributed by atoms with Gasteiger partial charge in [-0.15, -0.1) is 0 Å². The molecule has 0 saturated carbocycles. The Balaban J connectivity index is 1.58. The van der Waals surface area contributed by atoms with Crippen LogP contribution in [0.1, 0.15) is 11.1 Å². The van der Waals surface area contributed by atoms with Gasteiger partial charge >= 0.3 is 0 Å². The van der Waals surface area contributed by atoms with Crippen molar-refractivity contribution in [2.45, 2.75) is 13.2 Å². The molecule has 0 saturated heterocycles.